The van der Waals surface area contributed by atoms with Crippen LogP contribution in [0.5, 0.6) is 0 Å². The van der Waals surface area contributed by atoms with Crippen molar-refractivity contribution in [1.82, 2.24) is 0 Å². The summed E-state index contributed by atoms with van der Waals surface area (Å²) in [5, 5.41) is 7.94. The number of carbonyl (C=O) groups is 1. The second-order valence-electron chi connectivity index (χ2n) is 2.51. The third-order valence-corrected chi connectivity index (χ3v) is 1.36. The Labute approximate surface area is 80.2 Å². The van der Waals surface area contributed by atoms with Gasteiger partial charge in [0, 0.05) is 6.08 Å². The van der Waals surface area contributed by atoms with E-state index in [0.717, 1.165) is 0 Å². The van der Waals surface area contributed by atoms with E-state index < -0.39 is 30.7 Å². The molecule has 2 unspecified atom stereocenters. The normalized spacial score (nSPS) is 17.0. The molecule has 8 heteroatoms. The van der Waals surface area contributed by atoms with Gasteiger partial charge in [0.1, 0.15) is 0 Å². The number of allylic oxidation sites excluding steroid dienone is 1. The number of halogens is 6. The quantitative estimate of drug-likeness (QED) is 0.586. The minimum Gasteiger partial charge on any atom is -0.478 e. The lowest BCUT2D eigenvalue weighted by atomic mass is 10.1. The van der Waals surface area contributed by atoms with Crippen molar-refractivity contribution in [2.45, 2.75) is 24.7 Å². The van der Waals surface area contributed by atoms with Crippen molar-refractivity contribution in [3.05, 3.63) is 12.2 Å². The first-order valence-corrected chi connectivity index (χ1v) is 3.54. The molecule has 15 heavy (non-hydrogen) atoms. The minimum absolute atomic E-state index is 0.0171. The summed E-state index contributed by atoms with van der Waals surface area (Å²) in [5.41, 5.74) is 0. The molecule has 0 aromatic carbocycles. The molecule has 0 aromatic heterocycles. The van der Waals surface area contributed by atoms with E-state index in [-0.39, 0.29) is 12.2 Å². The van der Waals surface area contributed by atoms with E-state index in [4.69, 9.17) is 5.11 Å². The summed E-state index contributed by atoms with van der Waals surface area (Å²) in [6.07, 6.45) is -11.7. The fourth-order valence-corrected chi connectivity index (χ4v) is 0.615. The number of hydrogen-bond acceptors (Lipinski definition) is 1. The van der Waals surface area contributed by atoms with Crippen molar-refractivity contribution in [3.8, 4) is 0 Å². The Bertz CT molecular complexity index is 252. The fourth-order valence-electron chi connectivity index (χ4n) is 0.615. The number of hydrogen-bond donors (Lipinski definition) is 1. The molecule has 0 radical (unpaired) electrons. The van der Waals surface area contributed by atoms with Crippen LogP contribution in [0.2, 0.25) is 0 Å². The third-order valence-electron chi connectivity index (χ3n) is 1.36. The molecule has 0 rings (SSSR count). The Morgan fingerprint density at radius 2 is 1.67 bits per heavy atom. The number of carboxylic acids is 1. The van der Waals surface area contributed by atoms with Gasteiger partial charge in [-0.15, -0.1) is 0 Å². The molecule has 2 atom stereocenters. The van der Waals surface area contributed by atoms with Gasteiger partial charge in [0.2, 0.25) is 6.17 Å². The molecule has 0 aromatic rings. The average Bonchev–Trinajstić information content (AvgIpc) is 2.12. The SMILES string of the molecule is O=C(O)C=CC(F)C(F)(F)C(F)C(F)F. The molecule has 88 valence electrons. The van der Waals surface area contributed by atoms with E-state index in [1.165, 1.54) is 0 Å². The van der Waals surface area contributed by atoms with Gasteiger partial charge >= 0.3 is 11.9 Å². The first-order valence-electron chi connectivity index (χ1n) is 3.54. The zero-order chi connectivity index (χ0) is 12.2. The molecule has 0 saturated heterocycles. The van der Waals surface area contributed by atoms with Crippen LogP contribution in [-0.4, -0.2) is 35.8 Å². The van der Waals surface area contributed by atoms with Gasteiger partial charge in [0.05, 0.1) is 0 Å². The van der Waals surface area contributed by atoms with Gasteiger partial charge in [-0.3, -0.25) is 0 Å². The van der Waals surface area contributed by atoms with Crippen molar-refractivity contribution in [2.24, 2.45) is 0 Å². The maximum absolute atomic E-state index is 12.5. The van der Waals surface area contributed by atoms with Gasteiger partial charge in [0.25, 0.3) is 6.43 Å². The zero-order valence-corrected chi connectivity index (χ0v) is 7.01. The van der Waals surface area contributed by atoms with Crippen LogP contribution in [0.1, 0.15) is 0 Å². The summed E-state index contributed by atoms with van der Waals surface area (Å²) >= 11 is 0. The Morgan fingerprint density at radius 3 is 2.00 bits per heavy atom. The maximum atomic E-state index is 12.5. The third kappa shape index (κ3) is 3.80. The standard InChI is InChI=1S/C7H6F6O2/c8-3(1-2-4(14)15)7(12,13)5(9)6(10)11/h1-3,5-6H,(H,14,15). The van der Waals surface area contributed by atoms with Crippen LogP contribution in [0.4, 0.5) is 26.3 Å². The predicted molar refractivity (Wildman–Crippen MR) is 37.5 cm³/mol. The molecule has 0 aliphatic carbocycles. The summed E-state index contributed by atoms with van der Waals surface area (Å²) in [6.45, 7) is 0. The Kier molecular flexibility index (Phi) is 4.63. The van der Waals surface area contributed by atoms with Crippen molar-refractivity contribution in [3.63, 3.8) is 0 Å². The smallest absolute Gasteiger partial charge is 0.328 e. The maximum Gasteiger partial charge on any atom is 0.328 e. The largest absolute Gasteiger partial charge is 0.478 e. The Hall–Kier alpha value is -1.21. The summed E-state index contributed by atoms with van der Waals surface area (Å²) in [5.74, 6) is -6.71. The highest BCUT2D eigenvalue weighted by Gasteiger charge is 2.52. The Morgan fingerprint density at radius 1 is 1.20 bits per heavy atom. The molecule has 0 fully saturated rings. The molecule has 0 aliphatic rings. The molecular formula is C7H6F6O2. The van der Waals surface area contributed by atoms with Gasteiger partial charge in [-0.25, -0.2) is 22.4 Å². The van der Waals surface area contributed by atoms with Gasteiger partial charge in [0.15, 0.2) is 6.17 Å². The lowest BCUT2D eigenvalue weighted by Crippen LogP contribution is -2.43. The van der Waals surface area contributed by atoms with Gasteiger partial charge < -0.3 is 5.11 Å². The average molecular weight is 236 g/mol. The molecule has 0 aliphatic heterocycles. The number of alkyl halides is 6. The predicted octanol–water partition coefficient (Wildman–Crippen LogP) is 2.20. The highest BCUT2D eigenvalue weighted by atomic mass is 19.3. The van der Waals surface area contributed by atoms with Crippen molar-refractivity contribution in [2.75, 3.05) is 0 Å². The van der Waals surface area contributed by atoms with Crippen LogP contribution < -0.4 is 0 Å². The molecule has 0 heterocycles. The topological polar surface area (TPSA) is 37.3 Å². The van der Waals surface area contributed by atoms with E-state index in [1.54, 1.807) is 0 Å². The molecular weight excluding hydrogens is 230 g/mol. The zero-order valence-electron chi connectivity index (χ0n) is 7.01. The van der Waals surface area contributed by atoms with E-state index in [0.29, 0.717) is 0 Å². The molecule has 0 saturated carbocycles. The van der Waals surface area contributed by atoms with E-state index >= 15 is 0 Å². The van der Waals surface area contributed by atoms with Crippen molar-refractivity contribution < 1.29 is 36.2 Å². The van der Waals surface area contributed by atoms with E-state index in [1.807, 2.05) is 0 Å². The Balaban J connectivity index is 4.64. The number of aliphatic carboxylic acids is 1. The van der Waals surface area contributed by atoms with Crippen molar-refractivity contribution >= 4 is 5.97 Å². The number of carboxylic acid groups (broad SMARTS) is 1. The minimum atomic E-state index is -4.96. The van der Waals surface area contributed by atoms with E-state index in [2.05, 4.69) is 0 Å². The molecule has 0 bridgehead atoms. The first-order chi connectivity index (χ1) is 6.69. The number of rotatable bonds is 5. The van der Waals surface area contributed by atoms with Crippen LogP contribution in [0, 0.1) is 0 Å². The van der Waals surface area contributed by atoms with Crippen LogP contribution in [-0.2, 0) is 4.79 Å². The molecule has 0 spiro atoms. The van der Waals surface area contributed by atoms with Gasteiger partial charge in [-0.2, -0.15) is 8.78 Å². The highest BCUT2D eigenvalue weighted by Crippen LogP contribution is 2.32. The first kappa shape index (κ1) is 13.8. The molecule has 0 amide bonds. The summed E-state index contributed by atoms with van der Waals surface area (Å²) in [6, 6.07) is 0. The monoisotopic (exact) mass is 236 g/mol. The lowest BCUT2D eigenvalue weighted by molar-refractivity contribution is -0.155. The molecule has 2 nitrogen and oxygen atoms in total. The second kappa shape index (κ2) is 5.04. The van der Waals surface area contributed by atoms with Gasteiger partial charge in [-0.05, 0) is 6.08 Å². The van der Waals surface area contributed by atoms with Gasteiger partial charge in [-0.1, -0.05) is 0 Å². The van der Waals surface area contributed by atoms with Crippen LogP contribution >= 0.6 is 0 Å². The molecule has 1 N–H and O–H groups in total. The lowest BCUT2D eigenvalue weighted by Gasteiger charge is -2.21. The summed E-state index contributed by atoms with van der Waals surface area (Å²) in [4.78, 5) is 9.79. The van der Waals surface area contributed by atoms with E-state index in [9.17, 15) is 31.1 Å². The summed E-state index contributed by atoms with van der Waals surface area (Å²) < 4.78 is 72.6. The van der Waals surface area contributed by atoms with Crippen molar-refractivity contribution in [1.29, 1.82) is 0 Å². The van der Waals surface area contributed by atoms with Crippen LogP contribution in [0.25, 0.3) is 0 Å². The van der Waals surface area contributed by atoms with Crippen LogP contribution in [0.3, 0.4) is 0 Å². The van der Waals surface area contributed by atoms with Crippen LogP contribution in [0.15, 0.2) is 12.2 Å². The highest BCUT2D eigenvalue weighted by molar-refractivity contribution is 5.79. The summed E-state index contributed by atoms with van der Waals surface area (Å²) in [7, 11) is 0. The fraction of sp³-hybridized carbons (Fsp3) is 0.571. The second-order valence-corrected chi connectivity index (χ2v) is 2.51.